The van der Waals surface area contributed by atoms with Gasteiger partial charge in [0.2, 0.25) is 17.7 Å². The average Bonchev–Trinajstić information content (AvgIpc) is 2.56. The van der Waals surface area contributed by atoms with Crippen LogP contribution in [-0.4, -0.2) is 64.7 Å². The number of hydrogen-bond acceptors (Lipinski definition) is 6. The Labute approximate surface area is 159 Å². The Morgan fingerprint density at radius 3 is 1.85 bits per heavy atom. The first-order chi connectivity index (χ1) is 12.4. The Kier molecular flexibility index (Phi) is 10.6. The van der Waals surface area contributed by atoms with Crippen molar-refractivity contribution in [3.05, 3.63) is 0 Å². The SMILES string of the molecule is CC(C)CC(NC(=O)C(C)NC(=O)C(N)CO)C(=O)NC(C(=O)O)C(C)C. The van der Waals surface area contributed by atoms with Gasteiger partial charge in [-0.1, -0.05) is 27.7 Å². The fourth-order valence-electron chi connectivity index (χ4n) is 2.24. The predicted molar refractivity (Wildman–Crippen MR) is 98.5 cm³/mol. The molecule has 0 fully saturated rings. The highest BCUT2D eigenvalue weighted by molar-refractivity contribution is 5.93. The first-order valence-corrected chi connectivity index (χ1v) is 8.91. The Morgan fingerprint density at radius 1 is 0.889 bits per heavy atom. The molecule has 0 heterocycles. The van der Waals surface area contributed by atoms with Gasteiger partial charge >= 0.3 is 5.97 Å². The fraction of sp³-hybridized carbons (Fsp3) is 0.765. The molecule has 0 rings (SSSR count). The maximum atomic E-state index is 12.5. The van der Waals surface area contributed by atoms with Crippen LogP contribution < -0.4 is 21.7 Å². The van der Waals surface area contributed by atoms with E-state index in [2.05, 4.69) is 16.0 Å². The summed E-state index contributed by atoms with van der Waals surface area (Å²) < 4.78 is 0. The van der Waals surface area contributed by atoms with Crippen molar-refractivity contribution in [3.8, 4) is 0 Å². The third-order valence-electron chi connectivity index (χ3n) is 3.86. The van der Waals surface area contributed by atoms with Crippen molar-refractivity contribution in [1.29, 1.82) is 0 Å². The molecule has 3 amide bonds. The Bertz CT molecular complexity index is 538. The third-order valence-corrected chi connectivity index (χ3v) is 3.86. The van der Waals surface area contributed by atoms with Gasteiger partial charge in [0.15, 0.2) is 0 Å². The van der Waals surface area contributed by atoms with Crippen molar-refractivity contribution in [2.45, 2.75) is 65.2 Å². The monoisotopic (exact) mass is 388 g/mol. The highest BCUT2D eigenvalue weighted by Crippen LogP contribution is 2.08. The summed E-state index contributed by atoms with van der Waals surface area (Å²) in [7, 11) is 0. The molecule has 0 saturated carbocycles. The number of carboxylic acids is 1. The average molecular weight is 388 g/mol. The molecule has 156 valence electrons. The van der Waals surface area contributed by atoms with Gasteiger partial charge in [-0.05, 0) is 25.2 Å². The second-order valence-electron chi connectivity index (χ2n) is 7.28. The third kappa shape index (κ3) is 8.83. The molecule has 0 aromatic heterocycles. The summed E-state index contributed by atoms with van der Waals surface area (Å²) in [5.41, 5.74) is 5.38. The summed E-state index contributed by atoms with van der Waals surface area (Å²) in [6.07, 6.45) is 0.291. The van der Waals surface area contributed by atoms with Gasteiger partial charge in [0.25, 0.3) is 0 Å². The van der Waals surface area contributed by atoms with Crippen molar-refractivity contribution < 1.29 is 29.4 Å². The minimum Gasteiger partial charge on any atom is -0.480 e. The molecule has 0 saturated heterocycles. The molecular formula is C17H32N4O6. The lowest BCUT2D eigenvalue weighted by Gasteiger charge is -2.25. The highest BCUT2D eigenvalue weighted by Gasteiger charge is 2.30. The van der Waals surface area contributed by atoms with E-state index in [4.69, 9.17) is 10.8 Å². The maximum absolute atomic E-state index is 12.5. The van der Waals surface area contributed by atoms with Gasteiger partial charge < -0.3 is 31.9 Å². The van der Waals surface area contributed by atoms with Crippen LogP contribution in [0.4, 0.5) is 0 Å². The maximum Gasteiger partial charge on any atom is 0.326 e. The summed E-state index contributed by atoms with van der Waals surface area (Å²) in [6, 6.07) is -4.18. The van der Waals surface area contributed by atoms with Crippen LogP contribution in [0.2, 0.25) is 0 Å². The van der Waals surface area contributed by atoms with Crippen molar-refractivity contribution in [2.24, 2.45) is 17.6 Å². The number of carbonyl (C=O) groups excluding carboxylic acids is 3. The highest BCUT2D eigenvalue weighted by atomic mass is 16.4. The van der Waals surface area contributed by atoms with Crippen LogP contribution in [0.25, 0.3) is 0 Å². The van der Waals surface area contributed by atoms with Gasteiger partial charge in [-0.3, -0.25) is 14.4 Å². The number of rotatable bonds is 11. The van der Waals surface area contributed by atoms with Crippen LogP contribution in [0.1, 0.15) is 41.0 Å². The number of hydrogen-bond donors (Lipinski definition) is 6. The van der Waals surface area contributed by atoms with Gasteiger partial charge in [0.1, 0.15) is 24.2 Å². The molecule has 0 bridgehead atoms. The summed E-state index contributed by atoms with van der Waals surface area (Å²) in [5.74, 6) is -3.37. The van der Waals surface area contributed by atoms with Gasteiger partial charge in [-0.2, -0.15) is 0 Å². The molecule has 4 atom stereocenters. The van der Waals surface area contributed by atoms with Crippen LogP contribution in [0.15, 0.2) is 0 Å². The van der Waals surface area contributed by atoms with Crippen LogP contribution in [0.3, 0.4) is 0 Å². The molecule has 4 unspecified atom stereocenters. The molecule has 0 aliphatic rings. The molecule has 0 spiro atoms. The minimum atomic E-state index is -1.16. The lowest BCUT2D eigenvalue weighted by molar-refractivity contribution is -0.143. The Morgan fingerprint density at radius 2 is 1.44 bits per heavy atom. The van der Waals surface area contributed by atoms with E-state index in [0.29, 0.717) is 6.42 Å². The zero-order valence-corrected chi connectivity index (χ0v) is 16.5. The summed E-state index contributed by atoms with van der Waals surface area (Å²) in [5, 5.41) is 25.4. The molecule has 7 N–H and O–H groups in total. The van der Waals surface area contributed by atoms with Gasteiger partial charge in [-0.15, -0.1) is 0 Å². The number of amides is 3. The normalized spacial score (nSPS) is 15.6. The lowest BCUT2D eigenvalue weighted by Crippen LogP contribution is -2.57. The molecule has 0 aromatic carbocycles. The topological polar surface area (TPSA) is 171 Å². The Hall–Kier alpha value is -2.20. The van der Waals surface area contributed by atoms with E-state index in [1.54, 1.807) is 13.8 Å². The lowest BCUT2D eigenvalue weighted by atomic mass is 10.00. The zero-order valence-electron chi connectivity index (χ0n) is 16.5. The van der Waals surface area contributed by atoms with E-state index < -0.39 is 54.5 Å². The van der Waals surface area contributed by atoms with Crippen molar-refractivity contribution in [1.82, 2.24) is 16.0 Å². The molecule has 10 nitrogen and oxygen atoms in total. The second kappa shape index (κ2) is 11.5. The molecule has 0 radical (unpaired) electrons. The second-order valence-corrected chi connectivity index (χ2v) is 7.28. The van der Waals surface area contributed by atoms with Crippen LogP contribution in [-0.2, 0) is 19.2 Å². The van der Waals surface area contributed by atoms with Crippen molar-refractivity contribution >= 4 is 23.7 Å². The van der Waals surface area contributed by atoms with Crippen LogP contribution in [0.5, 0.6) is 0 Å². The van der Waals surface area contributed by atoms with Crippen LogP contribution >= 0.6 is 0 Å². The van der Waals surface area contributed by atoms with Gasteiger partial charge in [0, 0.05) is 0 Å². The van der Waals surface area contributed by atoms with E-state index in [-0.39, 0.29) is 11.8 Å². The van der Waals surface area contributed by atoms with Gasteiger partial charge in [0.05, 0.1) is 6.61 Å². The number of aliphatic carboxylic acids is 1. The number of nitrogens with one attached hydrogen (secondary N) is 3. The predicted octanol–water partition coefficient (Wildman–Crippen LogP) is -1.43. The van der Waals surface area contributed by atoms with E-state index in [1.165, 1.54) is 6.92 Å². The molecular weight excluding hydrogens is 356 g/mol. The van der Waals surface area contributed by atoms with Gasteiger partial charge in [-0.25, -0.2) is 4.79 Å². The smallest absolute Gasteiger partial charge is 0.326 e. The Balaban J connectivity index is 5.08. The molecule has 0 aliphatic carbocycles. The quantitative estimate of drug-likeness (QED) is 0.252. The number of nitrogens with two attached hydrogens (primary N) is 1. The molecule has 10 heteroatoms. The zero-order chi connectivity index (χ0) is 21.3. The van der Waals surface area contributed by atoms with E-state index in [1.807, 2.05) is 13.8 Å². The first-order valence-electron chi connectivity index (χ1n) is 8.91. The summed E-state index contributed by atoms with van der Waals surface area (Å²) >= 11 is 0. The van der Waals surface area contributed by atoms with E-state index in [9.17, 15) is 24.3 Å². The first kappa shape index (κ1) is 24.8. The molecule has 0 aromatic rings. The van der Waals surface area contributed by atoms with Crippen molar-refractivity contribution in [2.75, 3.05) is 6.61 Å². The largest absolute Gasteiger partial charge is 0.480 e. The number of carboxylic acid groups (broad SMARTS) is 1. The summed E-state index contributed by atoms with van der Waals surface area (Å²) in [6.45, 7) is 7.89. The standard InChI is InChI=1S/C17H32N4O6/c1-8(2)6-12(16(25)21-13(9(3)4)17(26)27)20-14(23)10(5)19-15(24)11(18)7-22/h8-13,22H,6-7,18H2,1-5H3,(H,19,24)(H,20,23)(H,21,25)(H,26,27). The summed E-state index contributed by atoms with van der Waals surface area (Å²) in [4.78, 5) is 47.8. The minimum absolute atomic E-state index is 0.0519. The fourth-order valence-corrected chi connectivity index (χ4v) is 2.24. The molecule has 27 heavy (non-hydrogen) atoms. The number of carbonyl (C=O) groups is 4. The van der Waals surface area contributed by atoms with E-state index >= 15 is 0 Å². The number of aliphatic hydroxyl groups is 1. The molecule has 0 aliphatic heterocycles. The number of aliphatic hydroxyl groups excluding tert-OH is 1. The van der Waals surface area contributed by atoms with Crippen LogP contribution in [0, 0.1) is 11.8 Å². The van der Waals surface area contributed by atoms with Crippen molar-refractivity contribution in [3.63, 3.8) is 0 Å². The van der Waals surface area contributed by atoms with E-state index in [0.717, 1.165) is 0 Å².